The molecule has 0 aliphatic carbocycles. The first-order valence-corrected chi connectivity index (χ1v) is 5.34. The molecule has 1 aromatic heterocycles. The molecular formula is C10H14N4O3. The van der Waals surface area contributed by atoms with Crippen molar-refractivity contribution in [2.45, 2.75) is 0 Å². The van der Waals surface area contributed by atoms with Crippen molar-refractivity contribution < 1.29 is 9.90 Å². The predicted molar refractivity (Wildman–Crippen MR) is 61.5 cm³/mol. The molecule has 0 radical (unpaired) electrons. The fourth-order valence-corrected chi connectivity index (χ4v) is 1.76. The summed E-state index contributed by atoms with van der Waals surface area (Å²) in [6.07, 6.45) is 0. The maximum Gasteiger partial charge on any atom is 0.352 e. The minimum atomic E-state index is -1.15. The number of carbonyl (C=O) groups is 1. The van der Waals surface area contributed by atoms with Gasteiger partial charge in [-0.2, -0.15) is 4.98 Å². The number of anilines is 1. The lowest BCUT2D eigenvalue weighted by Gasteiger charge is -2.33. The van der Waals surface area contributed by atoms with Crippen molar-refractivity contribution in [1.29, 1.82) is 0 Å². The Morgan fingerprint density at radius 2 is 2.06 bits per heavy atom. The number of piperazine rings is 1. The van der Waals surface area contributed by atoms with E-state index < -0.39 is 11.7 Å². The molecule has 1 aromatic rings. The highest BCUT2D eigenvalue weighted by atomic mass is 16.4. The van der Waals surface area contributed by atoms with Crippen LogP contribution in [-0.4, -0.2) is 59.2 Å². The van der Waals surface area contributed by atoms with Crippen LogP contribution >= 0.6 is 0 Å². The van der Waals surface area contributed by atoms with Gasteiger partial charge >= 0.3 is 11.7 Å². The van der Waals surface area contributed by atoms with Crippen molar-refractivity contribution >= 4 is 11.8 Å². The van der Waals surface area contributed by atoms with Crippen LogP contribution in [0.2, 0.25) is 0 Å². The van der Waals surface area contributed by atoms with E-state index in [4.69, 9.17) is 5.11 Å². The van der Waals surface area contributed by atoms with E-state index in [0.717, 1.165) is 26.2 Å². The molecule has 17 heavy (non-hydrogen) atoms. The third kappa shape index (κ3) is 2.62. The van der Waals surface area contributed by atoms with Crippen LogP contribution in [0.4, 0.5) is 5.82 Å². The lowest BCUT2D eigenvalue weighted by atomic mass is 10.3. The summed E-state index contributed by atoms with van der Waals surface area (Å²) in [5.41, 5.74) is -0.752. The Bertz CT molecular complexity index is 477. The Kier molecular flexibility index (Phi) is 3.10. The molecule has 0 amide bonds. The molecule has 0 spiro atoms. The molecule has 0 bridgehead atoms. The molecule has 1 fully saturated rings. The average molecular weight is 238 g/mol. The summed E-state index contributed by atoms with van der Waals surface area (Å²) in [6, 6.07) is 1.40. The topological polar surface area (TPSA) is 89.5 Å². The number of carboxylic acids is 1. The quantitative estimate of drug-likeness (QED) is 0.702. The number of hydrogen-bond acceptors (Lipinski definition) is 5. The molecule has 1 aliphatic heterocycles. The Morgan fingerprint density at radius 3 is 2.65 bits per heavy atom. The average Bonchev–Trinajstić information content (AvgIpc) is 2.29. The minimum Gasteiger partial charge on any atom is -0.477 e. The lowest BCUT2D eigenvalue weighted by Crippen LogP contribution is -2.45. The molecular weight excluding hydrogens is 224 g/mol. The van der Waals surface area contributed by atoms with Crippen LogP contribution in [0.3, 0.4) is 0 Å². The SMILES string of the molecule is CN1CCN(c2cc(C(=O)O)[nH]c(=O)n2)CC1. The lowest BCUT2D eigenvalue weighted by molar-refractivity contribution is 0.0690. The van der Waals surface area contributed by atoms with Gasteiger partial charge in [-0.3, -0.25) is 4.98 Å². The van der Waals surface area contributed by atoms with Gasteiger partial charge in [0.1, 0.15) is 11.5 Å². The van der Waals surface area contributed by atoms with Crippen LogP contribution in [0.1, 0.15) is 10.5 Å². The molecule has 1 aliphatic rings. The molecule has 0 unspecified atom stereocenters. The Hall–Kier alpha value is -1.89. The van der Waals surface area contributed by atoms with Gasteiger partial charge in [0, 0.05) is 32.2 Å². The molecule has 0 saturated carbocycles. The first kappa shape index (κ1) is 11.6. The molecule has 7 heteroatoms. The molecule has 92 valence electrons. The monoisotopic (exact) mass is 238 g/mol. The van der Waals surface area contributed by atoms with E-state index in [1.807, 2.05) is 11.9 Å². The number of nitrogens with zero attached hydrogens (tertiary/aromatic N) is 3. The van der Waals surface area contributed by atoms with Crippen molar-refractivity contribution in [2.75, 3.05) is 38.1 Å². The molecule has 0 atom stereocenters. The number of likely N-dealkylation sites (N-methyl/N-ethyl adjacent to an activating group) is 1. The second-order valence-electron chi connectivity index (χ2n) is 4.05. The number of rotatable bonds is 2. The largest absolute Gasteiger partial charge is 0.477 e. The van der Waals surface area contributed by atoms with E-state index in [2.05, 4.69) is 14.9 Å². The highest BCUT2D eigenvalue weighted by molar-refractivity contribution is 5.86. The van der Waals surface area contributed by atoms with E-state index >= 15 is 0 Å². The fraction of sp³-hybridized carbons (Fsp3) is 0.500. The summed E-state index contributed by atoms with van der Waals surface area (Å²) in [6.45, 7) is 3.23. The van der Waals surface area contributed by atoms with Gasteiger partial charge in [0.25, 0.3) is 0 Å². The maximum atomic E-state index is 11.3. The van der Waals surface area contributed by atoms with E-state index in [-0.39, 0.29) is 5.69 Å². The number of aromatic amines is 1. The summed E-state index contributed by atoms with van der Waals surface area (Å²) < 4.78 is 0. The van der Waals surface area contributed by atoms with Gasteiger partial charge in [0.2, 0.25) is 0 Å². The van der Waals surface area contributed by atoms with E-state index in [1.54, 1.807) is 0 Å². The molecule has 2 rings (SSSR count). The Labute approximate surface area is 97.7 Å². The van der Waals surface area contributed by atoms with Crippen LogP contribution in [-0.2, 0) is 0 Å². The van der Waals surface area contributed by atoms with Crippen molar-refractivity contribution in [3.8, 4) is 0 Å². The molecule has 7 nitrogen and oxygen atoms in total. The van der Waals surface area contributed by atoms with Crippen LogP contribution in [0.25, 0.3) is 0 Å². The van der Waals surface area contributed by atoms with Gasteiger partial charge in [-0.1, -0.05) is 0 Å². The van der Waals surface area contributed by atoms with Gasteiger partial charge in [-0.05, 0) is 7.05 Å². The maximum absolute atomic E-state index is 11.3. The highest BCUT2D eigenvalue weighted by Crippen LogP contribution is 2.11. The normalized spacial score (nSPS) is 17.1. The summed E-state index contributed by atoms with van der Waals surface area (Å²) in [4.78, 5) is 32.1. The van der Waals surface area contributed by atoms with Crippen LogP contribution < -0.4 is 10.6 Å². The first-order chi connectivity index (χ1) is 8.06. The summed E-state index contributed by atoms with van der Waals surface area (Å²) in [5.74, 6) is -0.723. The number of carboxylic acid groups (broad SMARTS) is 1. The Morgan fingerprint density at radius 1 is 1.41 bits per heavy atom. The summed E-state index contributed by atoms with van der Waals surface area (Å²) in [5, 5.41) is 8.85. The third-order valence-electron chi connectivity index (χ3n) is 2.79. The Balaban J connectivity index is 2.26. The second-order valence-corrected chi connectivity index (χ2v) is 4.05. The zero-order chi connectivity index (χ0) is 12.4. The van der Waals surface area contributed by atoms with E-state index in [9.17, 15) is 9.59 Å². The van der Waals surface area contributed by atoms with Crippen molar-refractivity contribution in [3.05, 3.63) is 22.2 Å². The number of nitrogens with one attached hydrogen (secondary N) is 1. The molecule has 2 N–H and O–H groups in total. The second kappa shape index (κ2) is 4.54. The van der Waals surface area contributed by atoms with E-state index in [0.29, 0.717) is 5.82 Å². The zero-order valence-electron chi connectivity index (χ0n) is 9.51. The van der Waals surface area contributed by atoms with Crippen molar-refractivity contribution in [3.63, 3.8) is 0 Å². The standard InChI is InChI=1S/C10H14N4O3/c1-13-2-4-14(5-3-13)8-6-7(9(15)16)11-10(17)12-8/h6H,2-5H2,1H3,(H,15,16)(H,11,12,17). The predicted octanol–water partition coefficient (Wildman–Crippen LogP) is -0.780. The zero-order valence-corrected chi connectivity index (χ0v) is 9.51. The highest BCUT2D eigenvalue weighted by Gasteiger charge is 2.17. The van der Waals surface area contributed by atoms with Crippen LogP contribution in [0.15, 0.2) is 10.9 Å². The number of hydrogen-bond donors (Lipinski definition) is 2. The molecule has 1 saturated heterocycles. The molecule has 2 heterocycles. The number of H-pyrrole nitrogens is 1. The van der Waals surface area contributed by atoms with Crippen molar-refractivity contribution in [1.82, 2.24) is 14.9 Å². The third-order valence-corrected chi connectivity index (χ3v) is 2.79. The smallest absolute Gasteiger partial charge is 0.352 e. The first-order valence-electron chi connectivity index (χ1n) is 5.34. The summed E-state index contributed by atoms with van der Waals surface area (Å²) >= 11 is 0. The van der Waals surface area contributed by atoms with E-state index in [1.165, 1.54) is 6.07 Å². The van der Waals surface area contributed by atoms with Gasteiger partial charge in [-0.15, -0.1) is 0 Å². The van der Waals surface area contributed by atoms with Gasteiger partial charge < -0.3 is 14.9 Å². The fourth-order valence-electron chi connectivity index (χ4n) is 1.76. The van der Waals surface area contributed by atoms with Gasteiger partial charge in [0.05, 0.1) is 0 Å². The van der Waals surface area contributed by atoms with Gasteiger partial charge in [0.15, 0.2) is 0 Å². The van der Waals surface area contributed by atoms with Crippen LogP contribution in [0.5, 0.6) is 0 Å². The minimum absolute atomic E-state index is 0.126. The molecule has 0 aromatic carbocycles. The van der Waals surface area contributed by atoms with Gasteiger partial charge in [-0.25, -0.2) is 9.59 Å². The number of aromatic nitrogens is 2. The summed E-state index contributed by atoms with van der Waals surface area (Å²) in [7, 11) is 2.02. The van der Waals surface area contributed by atoms with Crippen molar-refractivity contribution in [2.24, 2.45) is 0 Å². The number of aromatic carboxylic acids is 1. The van der Waals surface area contributed by atoms with Crippen LogP contribution in [0, 0.1) is 0 Å².